The maximum Gasteiger partial charge on any atom is 0.329 e. The lowest BCUT2D eigenvalue weighted by Crippen LogP contribution is -2.35. The molecule has 0 unspecified atom stereocenters. The molecule has 1 aliphatic rings. The molecule has 14 nitrogen and oxygen atoms in total. The minimum Gasteiger partial charge on any atom is -0.400 e. The molecule has 1 aliphatic heterocycles. The fraction of sp³-hybridized carbons (Fsp3) is 0.565. The van der Waals surface area contributed by atoms with E-state index in [4.69, 9.17) is 21.1 Å². The van der Waals surface area contributed by atoms with Crippen molar-refractivity contribution in [1.82, 2.24) is 19.1 Å². The second kappa shape index (κ2) is 15.5. The molecule has 14 heteroatoms. The normalized spacial score (nSPS) is 11.6. The molecule has 206 valence electrons. The molecule has 0 saturated heterocycles. The van der Waals surface area contributed by atoms with Crippen LogP contribution in [0.15, 0.2) is 24.2 Å². The molecule has 0 bridgehead atoms. The lowest BCUT2D eigenvalue weighted by Gasteiger charge is -2.11. The first-order valence-corrected chi connectivity index (χ1v) is 11.9. The number of H-pyrrole nitrogens is 2. The van der Waals surface area contributed by atoms with Gasteiger partial charge in [0.1, 0.15) is 18.2 Å². The average Bonchev–Trinajstić information content (AvgIpc) is 3.33. The molecule has 37 heavy (non-hydrogen) atoms. The summed E-state index contributed by atoms with van der Waals surface area (Å²) in [6.45, 7) is 4.07. The number of aliphatic hydroxyl groups is 3. The molecular formula is C23H36N6O8. The van der Waals surface area contributed by atoms with E-state index in [-0.39, 0.29) is 24.4 Å². The topological polar surface area (TPSA) is 226 Å². The number of carbonyl (C=O) groups excluding carboxylic acids is 1. The number of nitrogens with one attached hydrogen (secondary N) is 2. The van der Waals surface area contributed by atoms with Gasteiger partial charge in [0.2, 0.25) is 0 Å². The number of carbonyl (C=O) groups is 1. The van der Waals surface area contributed by atoms with Crippen molar-refractivity contribution in [1.29, 1.82) is 0 Å². The third-order valence-corrected chi connectivity index (χ3v) is 5.45. The second-order valence-electron chi connectivity index (χ2n) is 8.08. The molecule has 0 atom stereocenters. The van der Waals surface area contributed by atoms with Gasteiger partial charge in [-0.2, -0.15) is 0 Å². The number of nitrogen functional groups attached to an aromatic ring is 1. The third kappa shape index (κ3) is 8.20. The molecule has 2 aromatic rings. The standard InChI is InChI=1S/C11H17N3O4.C11H15N3O3.CH4O/c1-2-3-4-14-9(12)8(5-7(16)6-15)10(17)13-11(14)18;1-2-3-4-14-9-8(5-7(6-15)12-9)10(16)13-11(14)17;1-2/h15H,2-6,12H2,1H3,(H,13,17,18);15H,2-6H2,1H3,(H,13,16,17);2H,1H3. The Bertz CT molecular complexity index is 1320. The largest absolute Gasteiger partial charge is 0.400 e. The van der Waals surface area contributed by atoms with Crippen molar-refractivity contribution >= 4 is 23.1 Å². The Labute approximate surface area is 212 Å². The first kappa shape index (κ1) is 31.4. The maximum atomic E-state index is 11.7. The Morgan fingerprint density at radius 3 is 2.03 bits per heavy atom. The molecule has 0 aromatic carbocycles. The minimum absolute atomic E-state index is 0.000926. The van der Waals surface area contributed by atoms with Gasteiger partial charge in [-0.1, -0.05) is 26.7 Å². The average molecular weight is 525 g/mol. The quantitative estimate of drug-likeness (QED) is 0.214. The molecule has 0 amide bonds. The van der Waals surface area contributed by atoms with Gasteiger partial charge in [-0.05, 0) is 12.8 Å². The summed E-state index contributed by atoms with van der Waals surface area (Å²) in [6.07, 6.45) is 3.47. The van der Waals surface area contributed by atoms with Gasteiger partial charge < -0.3 is 21.1 Å². The van der Waals surface area contributed by atoms with Gasteiger partial charge in [0.25, 0.3) is 11.1 Å². The predicted octanol–water partition coefficient (Wildman–Crippen LogP) is -1.41. The van der Waals surface area contributed by atoms with Crippen molar-refractivity contribution < 1.29 is 20.1 Å². The summed E-state index contributed by atoms with van der Waals surface area (Å²) in [6, 6.07) is 0. The first-order chi connectivity index (χ1) is 17.7. The van der Waals surface area contributed by atoms with E-state index < -0.39 is 34.9 Å². The Balaban J connectivity index is 0.000000347. The monoisotopic (exact) mass is 524 g/mol. The van der Waals surface area contributed by atoms with Crippen LogP contribution in [0.1, 0.15) is 50.7 Å². The van der Waals surface area contributed by atoms with Crippen molar-refractivity contribution in [2.45, 2.75) is 65.5 Å². The van der Waals surface area contributed by atoms with Gasteiger partial charge in [0.15, 0.2) is 5.78 Å². The maximum absolute atomic E-state index is 11.7. The number of Topliss-reactive ketones (excluding diaryl/α,β-unsaturated/α-hetero) is 1. The lowest BCUT2D eigenvalue weighted by molar-refractivity contribution is -0.121. The number of rotatable bonds is 10. The van der Waals surface area contributed by atoms with E-state index in [2.05, 4.69) is 15.0 Å². The number of aromatic amines is 2. The third-order valence-electron chi connectivity index (χ3n) is 5.45. The summed E-state index contributed by atoms with van der Waals surface area (Å²) < 4.78 is 2.72. The number of hydrogen-bond donors (Lipinski definition) is 6. The summed E-state index contributed by atoms with van der Waals surface area (Å²) in [5, 5.41) is 24.7. The number of unbranched alkanes of at least 4 members (excludes halogenated alkanes) is 2. The van der Waals surface area contributed by atoms with Crippen molar-refractivity contribution in [3.63, 3.8) is 0 Å². The molecule has 0 spiro atoms. The summed E-state index contributed by atoms with van der Waals surface area (Å²) in [4.78, 5) is 66.1. The number of nitrogens with zero attached hydrogens (tertiary/aromatic N) is 3. The van der Waals surface area contributed by atoms with E-state index in [1.165, 1.54) is 9.13 Å². The highest BCUT2D eigenvalue weighted by molar-refractivity contribution is 5.93. The van der Waals surface area contributed by atoms with E-state index in [9.17, 15) is 24.0 Å². The number of aliphatic hydroxyl groups excluding tert-OH is 3. The highest BCUT2D eigenvalue weighted by Gasteiger charge is 2.21. The minimum atomic E-state index is -0.674. The second-order valence-corrected chi connectivity index (χ2v) is 8.08. The fourth-order valence-electron chi connectivity index (χ4n) is 3.49. The smallest absolute Gasteiger partial charge is 0.329 e. The first-order valence-electron chi connectivity index (χ1n) is 11.9. The van der Waals surface area contributed by atoms with Crippen LogP contribution in [0.2, 0.25) is 0 Å². The zero-order valence-corrected chi connectivity index (χ0v) is 21.4. The Morgan fingerprint density at radius 1 is 0.946 bits per heavy atom. The van der Waals surface area contributed by atoms with Crippen molar-refractivity contribution in [2.75, 3.05) is 26.1 Å². The van der Waals surface area contributed by atoms with Gasteiger partial charge in [0, 0.05) is 33.0 Å². The predicted molar refractivity (Wildman–Crippen MR) is 139 cm³/mol. The lowest BCUT2D eigenvalue weighted by atomic mass is 10.1. The van der Waals surface area contributed by atoms with E-state index in [0.717, 1.165) is 32.8 Å². The fourth-order valence-corrected chi connectivity index (χ4v) is 3.49. The van der Waals surface area contributed by atoms with Gasteiger partial charge in [0.05, 0.1) is 23.4 Å². The summed E-state index contributed by atoms with van der Waals surface area (Å²) in [5.41, 5.74) is 4.70. The van der Waals surface area contributed by atoms with E-state index >= 15 is 0 Å². The van der Waals surface area contributed by atoms with Crippen LogP contribution < -0.4 is 28.2 Å². The number of hydrogen-bond acceptors (Lipinski definition) is 10. The van der Waals surface area contributed by atoms with Crippen molar-refractivity contribution in [3.8, 4) is 0 Å². The number of nitrogens with two attached hydrogens (primary N) is 1. The summed E-state index contributed by atoms with van der Waals surface area (Å²) in [7, 11) is 1.00. The molecule has 0 aliphatic carbocycles. The van der Waals surface area contributed by atoms with Crippen LogP contribution in [0.3, 0.4) is 0 Å². The number of fused-ring (bicyclic) bond motifs is 1. The van der Waals surface area contributed by atoms with Crippen LogP contribution in [0.5, 0.6) is 0 Å². The van der Waals surface area contributed by atoms with E-state index in [1.54, 1.807) is 0 Å². The molecule has 7 N–H and O–H groups in total. The number of aromatic nitrogens is 4. The Hall–Kier alpha value is -3.62. The van der Waals surface area contributed by atoms with E-state index in [1.807, 2.05) is 13.8 Å². The van der Waals surface area contributed by atoms with Crippen LogP contribution in [-0.2, 0) is 30.7 Å². The van der Waals surface area contributed by atoms with Crippen molar-refractivity contribution in [2.24, 2.45) is 4.99 Å². The summed E-state index contributed by atoms with van der Waals surface area (Å²) in [5.74, 6) is -0.108. The highest BCUT2D eigenvalue weighted by Crippen LogP contribution is 2.22. The number of ketones is 1. The summed E-state index contributed by atoms with van der Waals surface area (Å²) >= 11 is 0. The molecule has 3 heterocycles. The molecule has 0 fully saturated rings. The number of aliphatic imine (C=N–C) groups is 1. The molecule has 2 aromatic heterocycles. The van der Waals surface area contributed by atoms with Crippen LogP contribution in [0.25, 0.3) is 0 Å². The van der Waals surface area contributed by atoms with Crippen LogP contribution in [-0.4, -0.2) is 66.2 Å². The molecule has 0 saturated carbocycles. The SMILES string of the molecule is CCCCn1c(N)c(CC(=O)CO)c(=O)[nH]c1=O.CCCCn1c2c(c(=O)[nH]c1=O)CC(CO)=N2.CO. The number of anilines is 1. The Kier molecular flexibility index (Phi) is 13.1. The van der Waals surface area contributed by atoms with Gasteiger partial charge in [-0.15, -0.1) is 0 Å². The molecule has 0 radical (unpaired) electrons. The van der Waals surface area contributed by atoms with Crippen LogP contribution in [0.4, 0.5) is 11.6 Å². The van der Waals surface area contributed by atoms with Crippen molar-refractivity contribution in [3.05, 3.63) is 52.8 Å². The van der Waals surface area contributed by atoms with Crippen LogP contribution >= 0.6 is 0 Å². The van der Waals surface area contributed by atoms with Crippen LogP contribution in [0, 0.1) is 0 Å². The van der Waals surface area contributed by atoms with E-state index in [0.29, 0.717) is 36.6 Å². The zero-order valence-electron chi connectivity index (χ0n) is 21.4. The van der Waals surface area contributed by atoms with Gasteiger partial charge >= 0.3 is 11.4 Å². The highest BCUT2D eigenvalue weighted by atomic mass is 16.3. The zero-order chi connectivity index (χ0) is 28.1. The Morgan fingerprint density at radius 2 is 1.49 bits per heavy atom. The van der Waals surface area contributed by atoms with Gasteiger partial charge in [-0.25, -0.2) is 14.6 Å². The molecular weight excluding hydrogens is 488 g/mol. The van der Waals surface area contributed by atoms with Gasteiger partial charge in [-0.3, -0.25) is 33.5 Å². The molecule has 3 rings (SSSR count).